The van der Waals surface area contributed by atoms with Crippen molar-refractivity contribution in [2.24, 2.45) is 5.92 Å². The van der Waals surface area contributed by atoms with Gasteiger partial charge in [-0.1, -0.05) is 0 Å². The number of carbonyl (C=O) groups excluding carboxylic acids is 2. The van der Waals surface area contributed by atoms with E-state index < -0.39 is 21.9 Å². The predicted molar refractivity (Wildman–Crippen MR) is 133 cm³/mol. The highest BCUT2D eigenvalue weighted by Crippen LogP contribution is 2.33. The zero-order valence-corrected chi connectivity index (χ0v) is 21.2. The Morgan fingerprint density at radius 1 is 1.06 bits per heavy atom. The van der Waals surface area contributed by atoms with Crippen molar-refractivity contribution in [3.63, 3.8) is 0 Å². The average molecular weight is 519 g/mol. The fraction of sp³-hybridized carbons (Fsp3) is 0.333. The SMILES string of the molecule is COC(=O)c1cc2cc(NC(=O)[C@@H]3CCCN(S(=O)(=O)c4cc(OC)ccc4OC)C3)ccc2s1. The maximum atomic E-state index is 13.4. The van der Waals surface area contributed by atoms with Crippen molar-refractivity contribution in [2.75, 3.05) is 39.7 Å². The van der Waals surface area contributed by atoms with Crippen molar-refractivity contribution >= 4 is 49.0 Å². The van der Waals surface area contributed by atoms with E-state index in [0.717, 1.165) is 10.1 Å². The maximum Gasteiger partial charge on any atom is 0.348 e. The number of methoxy groups -OCH3 is 3. The molecule has 1 aliphatic heterocycles. The van der Waals surface area contributed by atoms with Gasteiger partial charge in [0.25, 0.3) is 0 Å². The van der Waals surface area contributed by atoms with Crippen LogP contribution >= 0.6 is 11.3 Å². The zero-order chi connectivity index (χ0) is 25.2. The molecule has 3 aromatic rings. The lowest BCUT2D eigenvalue weighted by Crippen LogP contribution is -2.43. The van der Waals surface area contributed by atoms with E-state index in [0.29, 0.717) is 35.7 Å². The number of piperidine rings is 1. The van der Waals surface area contributed by atoms with E-state index in [-0.39, 0.29) is 23.1 Å². The molecule has 1 atom stereocenters. The van der Waals surface area contributed by atoms with Gasteiger partial charge in [-0.2, -0.15) is 4.31 Å². The van der Waals surface area contributed by atoms with Gasteiger partial charge in [-0.05, 0) is 54.6 Å². The summed E-state index contributed by atoms with van der Waals surface area (Å²) in [4.78, 5) is 25.3. The number of esters is 1. The first-order valence-corrected chi connectivity index (χ1v) is 13.2. The normalized spacial score (nSPS) is 16.6. The van der Waals surface area contributed by atoms with Crippen LogP contribution in [0.5, 0.6) is 11.5 Å². The van der Waals surface area contributed by atoms with Gasteiger partial charge in [0.05, 0.1) is 27.2 Å². The van der Waals surface area contributed by atoms with Gasteiger partial charge in [0.15, 0.2) is 0 Å². The highest BCUT2D eigenvalue weighted by molar-refractivity contribution is 7.89. The first-order valence-electron chi connectivity index (χ1n) is 10.9. The minimum Gasteiger partial charge on any atom is -0.497 e. The number of sulfonamides is 1. The molecule has 2 heterocycles. The van der Waals surface area contributed by atoms with E-state index in [9.17, 15) is 18.0 Å². The van der Waals surface area contributed by atoms with E-state index >= 15 is 0 Å². The van der Waals surface area contributed by atoms with Gasteiger partial charge in [-0.25, -0.2) is 13.2 Å². The van der Waals surface area contributed by atoms with Crippen LogP contribution in [0.1, 0.15) is 22.5 Å². The number of nitrogens with one attached hydrogen (secondary N) is 1. The molecule has 0 radical (unpaired) electrons. The van der Waals surface area contributed by atoms with Gasteiger partial charge < -0.3 is 19.5 Å². The molecule has 1 saturated heterocycles. The van der Waals surface area contributed by atoms with Gasteiger partial charge in [-0.3, -0.25) is 4.79 Å². The van der Waals surface area contributed by atoms with E-state index in [4.69, 9.17) is 14.2 Å². The molecule has 1 aliphatic rings. The lowest BCUT2D eigenvalue weighted by Gasteiger charge is -2.31. The third-order valence-corrected chi connectivity index (χ3v) is 8.90. The van der Waals surface area contributed by atoms with Gasteiger partial charge >= 0.3 is 5.97 Å². The number of carbonyl (C=O) groups is 2. The van der Waals surface area contributed by atoms with Crippen LogP contribution in [0.2, 0.25) is 0 Å². The molecule has 1 amide bonds. The van der Waals surface area contributed by atoms with Crippen molar-refractivity contribution in [3.05, 3.63) is 47.3 Å². The Morgan fingerprint density at radius 2 is 1.86 bits per heavy atom. The number of rotatable bonds is 7. The second-order valence-corrected chi connectivity index (χ2v) is 11.1. The Kier molecular flexibility index (Phi) is 7.29. The third-order valence-electron chi connectivity index (χ3n) is 5.91. The van der Waals surface area contributed by atoms with E-state index in [1.165, 1.54) is 43.0 Å². The summed E-state index contributed by atoms with van der Waals surface area (Å²) in [5, 5.41) is 3.70. The van der Waals surface area contributed by atoms with E-state index in [1.54, 1.807) is 30.3 Å². The predicted octanol–water partition coefficient (Wildman–Crippen LogP) is 3.74. The number of fused-ring (bicyclic) bond motifs is 1. The van der Waals surface area contributed by atoms with Crippen LogP contribution in [0.3, 0.4) is 0 Å². The van der Waals surface area contributed by atoms with Crippen molar-refractivity contribution in [3.8, 4) is 11.5 Å². The molecule has 1 N–H and O–H groups in total. The summed E-state index contributed by atoms with van der Waals surface area (Å²) in [5.41, 5.74) is 0.575. The fourth-order valence-electron chi connectivity index (χ4n) is 4.07. The number of benzene rings is 2. The third kappa shape index (κ3) is 5.12. The Hall–Kier alpha value is -3.15. The Morgan fingerprint density at radius 3 is 2.57 bits per heavy atom. The molecule has 2 aromatic carbocycles. The quantitative estimate of drug-likeness (QED) is 0.474. The lowest BCUT2D eigenvalue weighted by molar-refractivity contribution is -0.120. The van der Waals surface area contributed by atoms with E-state index in [2.05, 4.69) is 5.32 Å². The summed E-state index contributed by atoms with van der Waals surface area (Å²) in [6.07, 6.45) is 1.12. The minimum absolute atomic E-state index is 0.00438. The fourth-order valence-corrected chi connectivity index (χ4v) is 6.72. The Labute approximate surface area is 207 Å². The molecule has 1 aromatic heterocycles. The van der Waals surface area contributed by atoms with Gasteiger partial charge in [-0.15, -0.1) is 11.3 Å². The molecule has 1 fully saturated rings. The second-order valence-electron chi connectivity index (χ2n) is 8.06. The molecule has 9 nitrogen and oxygen atoms in total. The number of amides is 1. The van der Waals surface area contributed by atoms with Crippen molar-refractivity contribution in [1.82, 2.24) is 4.31 Å². The molecule has 11 heteroatoms. The molecule has 4 rings (SSSR count). The molecule has 186 valence electrons. The van der Waals surface area contributed by atoms with Crippen LogP contribution in [0.4, 0.5) is 5.69 Å². The summed E-state index contributed by atoms with van der Waals surface area (Å²) >= 11 is 1.31. The number of nitrogens with zero attached hydrogens (tertiary/aromatic N) is 1. The van der Waals surface area contributed by atoms with E-state index in [1.807, 2.05) is 6.07 Å². The lowest BCUT2D eigenvalue weighted by atomic mass is 9.98. The zero-order valence-electron chi connectivity index (χ0n) is 19.6. The summed E-state index contributed by atoms with van der Waals surface area (Å²) in [5.74, 6) is -0.570. The minimum atomic E-state index is -3.91. The molecule has 0 saturated carbocycles. The molecule has 0 bridgehead atoms. The highest BCUT2D eigenvalue weighted by Gasteiger charge is 2.35. The molecular weight excluding hydrogens is 492 g/mol. The van der Waals surface area contributed by atoms with Crippen LogP contribution in [0.15, 0.2) is 47.4 Å². The van der Waals surface area contributed by atoms with Crippen molar-refractivity contribution in [2.45, 2.75) is 17.7 Å². The smallest absolute Gasteiger partial charge is 0.348 e. The van der Waals surface area contributed by atoms with Crippen LogP contribution in [0, 0.1) is 5.92 Å². The number of hydrogen-bond acceptors (Lipinski definition) is 8. The number of anilines is 1. The van der Waals surface area contributed by atoms with Gasteiger partial charge in [0.1, 0.15) is 21.3 Å². The summed E-state index contributed by atoms with van der Waals surface area (Å²) < 4.78 is 44.3. The number of ether oxygens (including phenoxy) is 3. The Bertz CT molecular complexity index is 1370. The van der Waals surface area contributed by atoms with Gasteiger partial charge in [0.2, 0.25) is 15.9 Å². The molecule has 0 aliphatic carbocycles. The number of hydrogen-bond donors (Lipinski definition) is 1. The standard InChI is InChI=1S/C24H26N2O7S2/c1-31-18-7-8-19(32-2)22(13-18)35(29,30)26-10-4-5-15(14-26)23(27)25-17-6-9-20-16(11-17)12-21(34-20)24(28)33-3/h6-9,11-13,15H,4-5,10,14H2,1-3H3,(H,25,27)/t15-/m1/s1. The maximum absolute atomic E-state index is 13.4. The summed E-state index contributed by atoms with van der Waals surface area (Å²) in [6, 6.07) is 11.7. The summed E-state index contributed by atoms with van der Waals surface area (Å²) in [7, 11) is 0.292. The largest absolute Gasteiger partial charge is 0.497 e. The summed E-state index contributed by atoms with van der Waals surface area (Å²) in [6.45, 7) is 0.366. The van der Waals surface area contributed by atoms with Crippen molar-refractivity contribution < 1.29 is 32.2 Å². The second kappa shape index (κ2) is 10.2. The topological polar surface area (TPSA) is 111 Å². The molecule has 0 spiro atoms. The van der Waals surface area contributed by atoms with Crippen LogP contribution in [0.25, 0.3) is 10.1 Å². The van der Waals surface area contributed by atoms with Crippen LogP contribution in [-0.4, -0.2) is 59.0 Å². The highest BCUT2D eigenvalue weighted by atomic mass is 32.2. The number of thiophene rings is 1. The van der Waals surface area contributed by atoms with Crippen LogP contribution < -0.4 is 14.8 Å². The monoisotopic (exact) mass is 518 g/mol. The molecule has 0 unspecified atom stereocenters. The molecular formula is C24H26N2O7S2. The average Bonchev–Trinajstić information content (AvgIpc) is 3.31. The Balaban J connectivity index is 1.51. The van der Waals surface area contributed by atoms with Gasteiger partial charge in [0, 0.05) is 29.5 Å². The van der Waals surface area contributed by atoms with Crippen molar-refractivity contribution in [1.29, 1.82) is 0 Å². The first kappa shape index (κ1) is 25.0. The van der Waals surface area contributed by atoms with Crippen LogP contribution in [-0.2, 0) is 19.6 Å². The molecule has 35 heavy (non-hydrogen) atoms. The first-order chi connectivity index (χ1) is 16.8.